The maximum Gasteiger partial charge on any atom is 0.123 e. The lowest BCUT2D eigenvalue weighted by Gasteiger charge is -2.33. The van der Waals surface area contributed by atoms with Gasteiger partial charge in [0.1, 0.15) is 5.75 Å². The van der Waals surface area contributed by atoms with Crippen molar-refractivity contribution in [1.29, 1.82) is 0 Å². The summed E-state index contributed by atoms with van der Waals surface area (Å²) in [5.41, 5.74) is 2.96. The lowest BCUT2D eigenvalue weighted by Crippen LogP contribution is -2.28. The highest BCUT2D eigenvalue weighted by Gasteiger charge is 2.33. The van der Waals surface area contributed by atoms with Gasteiger partial charge in [-0.3, -0.25) is 0 Å². The van der Waals surface area contributed by atoms with Crippen LogP contribution in [0.2, 0.25) is 0 Å². The Morgan fingerprint density at radius 2 is 1.90 bits per heavy atom. The predicted molar refractivity (Wildman–Crippen MR) is 87.9 cm³/mol. The van der Waals surface area contributed by atoms with Gasteiger partial charge in [-0.2, -0.15) is 0 Å². The summed E-state index contributed by atoms with van der Waals surface area (Å²) in [5, 5.41) is 3.58. The zero-order valence-electron chi connectivity index (χ0n) is 13.9. The number of ether oxygens (including phenoxy) is 1. The third-order valence-electron chi connectivity index (χ3n) is 5.52. The smallest absolute Gasteiger partial charge is 0.123 e. The standard InChI is InChI=1S/C19H29NO/c1-13-5-7-14(8-6-13)18(20-4)15-9-10-17-16(11-15)19(2,3)12-21-17/h9-11,13-14,18,20H,5-8,12H2,1-4H3. The molecular weight excluding hydrogens is 258 g/mol. The second-order valence-corrected chi connectivity index (χ2v) is 7.71. The van der Waals surface area contributed by atoms with E-state index < -0.39 is 0 Å². The van der Waals surface area contributed by atoms with Gasteiger partial charge in [-0.1, -0.05) is 39.7 Å². The first-order valence-corrected chi connectivity index (χ1v) is 8.46. The monoisotopic (exact) mass is 287 g/mol. The van der Waals surface area contributed by atoms with E-state index in [1.54, 1.807) is 0 Å². The second-order valence-electron chi connectivity index (χ2n) is 7.71. The van der Waals surface area contributed by atoms with Crippen LogP contribution in [0.3, 0.4) is 0 Å². The normalized spacial score (nSPS) is 28.8. The van der Waals surface area contributed by atoms with Crippen LogP contribution >= 0.6 is 0 Å². The molecule has 116 valence electrons. The van der Waals surface area contributed by atoms with E-state index >= 15 is 0 Å². The Bertz CT molecular complexity index is 500. The van der Waals surface area contributed by atoms with Gasteiger partial charge in [0.05, 0.1) is 6.61 Å². The summed E-state index contributed by atoms with van der Waals surface area (Å²) >= 11 is 0. The Morgan fingerprint density at radius 1 is 1.19 bits per heavy atom. The van der Waals surface area contributed by atoms with E-state index in [-0.39, 0.29) is 5.41 Å². The molecule has 1 atom stereocenters. The first-order chi connectivity index (χ1) is 10.0. The third kappa shape index (κ3) is 2.83. The minimum Gasteiger partial charge on any atom is -0.492 e. The summed E-state index contributed by atoms with van der Waals surface area (Å²) in [6.07, 6.45) is 5.46. The van der Waals surface area contributed by atoms with Gasteiger partial charge in [-0.25, -0.2) is 0 Å². The molecule has 1 fully saturated rings. The van der Waals surface area contributed by atoms with Crippen LogP contribution in [0.1, 0.15) is 63.6 Å². The molecule has 2 heteroatoms. The van der Waals surface area contributed by atoms with Crippen molar-refractivity contribution in [3.8, 4) is 5.75 Å². The number of rotatable bonds is 3. The van der Waals surface area contributed by atoms with E-state index in [1.807, 2.05) is 0 Å². The first-order valence-electron chi connectivity index (χ1n) is 8.46. The fourth-order valence-corrected chi connectivity index (χ4v) is 4.03. The quantitative estimate of drug-likeness (QED) is 0.887. The van der Waals surface area contributed by atoms with Crippen molar-refractivity contribution in [2.75, 3.05) is 13.7 Å². The predicted octanol–water partition coefficient (Wildman–Crippen LogP) is 4.44. The number of hydrogen-bond donors (Lipinski definition) is 1. The molecule has 21 heavy (non-hydrogen) atoms. The molecule has 1 aromatic rings. The molecule has 0 saturated heterocycles. The van der Waals surface area contributed by atoms with Crippen LogP contribution in [-0.4, -0.2) is 13.7 Å². The zero-order valence-corrected chi connectivity index (χ0v) is 13.9. The molecule has 0 amide bonds. The summed E-state index contributed by atoms with van der Waals surface area (Å²) in [6.45, 7) is 7.75. The van der Waals surface area contributed by atoms with Crippen molar-refractivity contribution in [1.82, 2.24) is 5.32 Å². The molecule has 3 rings (SSSR count). The molecule has 0 radical (unpaired) electrons. The zero-order chi connectivity index (χ0) is 15.0. The summed E-state index contributed by atoms with van der Waals surface area (Å²) in [7, 11) is 2.11. The molecule has 2 nitrogen and oxygen atoms in total. The number of nitrogens with one attached hydrogen (secondary N) is 1. The lowest BCUT2D eigenvalue weighted by molar-refractivity contribution is 0.238. The molecule has 1 N–H and O–H groups in total. The van der Waals surface area contributed by atoms with Gasteiger partial charge in [-0.15, -0.1) is 0 Å². The number of fused-ring (bicyclic) bond motifs is 1. The maximum atomic E-state index is 5.82. The lowest BCUT2D eigenvalue weighted by atomic mass is 9.76. The second kappa shape index (κ2) is 5.64. The van der Waals surface area contributed by atoms with Crippen molar-refractivity contribution in [3.63, 3.8) is 0 Å². The molecule has 1 unspecified atom stereocenters. The Hall–Kier alpha value is -1.02. The van der Waals surface area contributed by atoms with E-state index in [0.717, 1.165) is 24.2 Å². The first kappa shape index (κ1) is 14.9. The number of hydrogen-bond acceptors (Lipinski definition) is 2. The Morgan fingerprint density at radius 3 is 2.57 bits per heavy atom. The van der Waals surface area contributed by atoms with Crippen LogP contribution in [0, 0.1) is 11.8 Å². The van der Waals surface area contributed by atoms with Crippen LogP contribution in [0.25, 0.3) is 0 Å². The highest BCUT2D eigenvalue weighted by atomic mass is 16.5. The number of benzene rings is 1. The maximum absolute atomic E-state index is 5.82. The van der Waals surface area contributed by atoms with Gasteiger partial charge in [0, 0.05) is 17.0 Å². The molecule has 2 aliphatic rings. The minimum absolute atomic E-state index is 0.144. The van der Waals surface area contributed by atoms with Crippen LogP contribution < -0.4 is 10.1 Å². The van der Waals surface area contributed by atoms with Crippen LogP contribution in [-0.2, 0) is 5.41 Å². The minimum atomic E-state index is 0.144. The molecule has 1 aliphatic carbocycles. The van der Waals surface area contributed by atoms with Crippen molar-refractivity contribution in [3.05, 3.63) is 29.3 Å². The summed E-state index contributed by atoms with van der Waals surface area (Å²) in [6, 6.07) is 7.31. The van der Waals surface area contributed by atoms with Gasteiger partial charge in [0.15, 0.2) is 0 Å². The topological polar surface area (TPSA) is 21.3 Å². The molecule has 0 spiro atoms. The van der Waals surface area contributed by atoms with Gasteiger partial charge >= 0.3 is 0 Å². The van der Waals surface area contributed by atoms with Crippen LogP contribution in [0.5, 0.6) is 5.75 Å². The van der Waals surface area contributed by atoms with Crippen molar-refractivity contribution in [2.24, 2.45) is 11.8 Å². The Balaban J connectivity index is 1.85. The van der Waals surface area contributed by atoms with Gasteiger partial charge < -0.3 is 10.1 Å². The molecule has 1 aliphatic heterocycles. The van der Waals surface area contributed by atoms with Gasteiger partial charge in [0.25, 0.3) is 0 Å². The summed E-state index contributed by atoms with van der Waals surface area (Å²) < 4.78 is 5.82. The average molecular weight is 287 g/mol. The molecule has 1 heterocycles. The molecule has 1 saturated carbocycles. The van der Waals surface area contributed by atoms with E-state index in [4.69, 9.17) is 4.74 Å². The van der Waals surface area contributed by atoms with E-state index in [0.29, 0.717) is 6.04 Å². The molecular formula is C19H29NO. The average Bonchev–Trinajstić information content (AvgIpc) is 2.77. The van der Waals surface area contributed by atoms with Crippen LogP contribution in [0.15, 0.2) is 18.2 Å². The highest BCUT2D eigenvalue weighted by Crippen LogP contribution is 2.42. The van der Waals surface area contributed by atoms with Crippen molar-refractivity contribution in [2.45, 2.75) is 57.9 Å². The van der Waals surface area contributed by atoms with E-state index in [1.165, 1.54) is 36.8 Å². The van der Waals surface area contributed by atoms with Crippen LogP contribution in [0.4, 0.5) is 0 Å². The third-order valence-corrected chi connectivity index (χ3v) is 5.52. The van der Waals surface area contributed by atoms with Crippen molar-refractivity contribution >= 4 is 0 Å². The highest BCUT2D eigenvalue weighted by molar-refractivity contribution is 5.46. The van der Waals surface area contributed by atoms with Crippen molar-refractivity contribution < 1.29 is 4.74 Å². The fourth-order valence-electron chi connectivity index (χ4n) is 4.03. The molecule has 0 aromatic heterocycles. The largest absolute Gasteiger partial charge is 0.492 e. The van der Waals surface area contributed by atoms with Gasteiger partial charge in [0.2, 0.25) is 0 Å². The molecule has 1 aromatic carbocycles. The van der Waals surface area contributed by atoms with E-state index in [2.05, 4.69) is 51.3 Å². The molecule has 0 bridgehead atoms. The SMILES string of the molecule is CNC(c1ccc2c(c1)C(C)(C)CO2)C1CCC(C)CC1. The Kier molecular flexibility index (Phi) is 4.00. The van der Waals surface area contributed by atoms with E-state index in [9.17, 15) is 0 Å². The fraction of sp³-hybridized carbons (Fsp3) is 0.684. The Labute approximate surface area is 129 Å². The van der Waals surface area contributed by atoms with Gasteiger partial charge in [-0.05, 0) is 49.4 Å². The summed E-state index contributed by atoms with van der Waals surface area (Å²) in [5.74, 6) is 2.76. The summed E-state index contributed by atoms with van der Waals surface area (Å²) in [4.78, 5) is 0.